The van der Waals surface area contributed by atoms with Gasteiger partial charge in [-0.05, 0) is 56.5 Å². The van der Waals surface area contributed by atoms with Crippen molar-refractivity contribution in [2.45, 2.75) is 53.1 Å². The highest BCUT2D eigenvalue weighted by molar-refractivity contribution is 9.10. The molecule has 0 fully saturated rings. The molecule has 1 aromatic carbocycles. The zero-order valence-corrected chi connectivity index (χ0v) is 18.8. The van der Waals surface area contributed by atoms with E-state index in [2.05, 4.69) is 50.8 Å². The number of nitrogens with two attached hydrogens (primary N) is 1. The summed E-state index contributed by atoms with van der Waals surface area (Å²) in [7, 11) is 0. The molecule has 0 saturated heterocycles. The molecule has 6 nitrogen and oxygen atoms in total. The molecule has 0 atom stereocenters. The van der Waals surface area contributed by atoms with Crippen LogP contribution in [0, 0.1) is 6.92 Å². The first-order valence-electron chi connectivity index (χ1n) is 9.82. The first-order valence-corrected chi connectivity index (χ1v) is 10.6. The minimum Gasteiger partial charge on any atom is -0.385 e. The number of pyridine rings is 1. The highest BCUT2D eigenvalue weighted by atomic mass is 79.9. The van der Waals surface area contributed by atoms with Crippen LogP contribution in [0.1, 0.15) is 60.3 Å². The number of nitrogens with one attached hydrogen (secondary N) is 2. The van der Waals surface area contributed by atoms with Gasteiger partial charge >= 0.3 is 0 Å². The summed E-state index contributed by atoms with van der Waals surface area (Å²) in [5.74, 6) is 0.132. The Morgan fingerprint density at radius 3 is 2.69 bits per heavy atom. The fraction of sp³-hybridized carbons (Fsp3) is 0.364. The van der Waals surface area contributed by atoms with Crippen LogP contribution in [0.4, 0.5) is 5.82 Å². The maximum atomic E-state index is 13.1. The third-order valence-corrected chi connectivity index (χ3v) is 5.54. The molecule has 3 rings (SSSR count). The number of amides is 1. The number of fused-ring (bicyclic) bond motifs is 1. The molecular formula is C22H27BrN4O2. The van der Waals surface area contributed by atoms with Crippen LogP contribution in [0.15, 0.2) is 33.7 Å². The molecule has 0 spiro atoms. The predicted molar refractivity (Wildman–Crippen MR) is 121 cm³/mol. The van der Waals surface area contributed by atoms with E-state index in [1.807, 2.05) is 26.0 Å². The largest absolute Gasteiger partial charge is 0.385 e. The van der Waals surface area contributed by atoms with E-state index in [0.29, 0.717) is 16.9 Å². The lowest BCUT2D eigenvalue weighted by Gasteiger charge is -2.13. The Morgan fingerprint density at radius 1 is 1.31 bits per heavy atom. The first-order chi connectivity index (χ1) is 13.7. The van der Waals surface area contributed by atoms with E-state index in [1.54, 1.807) is 6.07 Å². The van der Waals surface area contributed by atoms with Crippen molar-refractivity contribution in [3.63, 3.8) is 0 Å². The average molecular weight is 459 g/mol. The molecule has 0 aliphatic carbocycles. The lowest BCUT2D eigenvalue weighted by atomic mass is 10.0. The van der Waals surface area contributed by atoms with Crippen molar-refractivity contribution in [2.24, 2.45) is 0 Å². The van der Waals surface area contributed by atoms with Crippen LogP contribution in [0.5, 0.6) is 0 Å². The molecule has 154 valence electrons. The van der Waals surface area contributed by atoms with Crippen molar-refractivity contribution in [2.75, 3.05) is 5.73 Å². The summed E-state index contributed by atoms with van der Waals surface area (Å²) in [6.07, 6.45) is 3.69. The van der Waals surface area contributed by atoms with Gasteiger partial charge in [0.1, 0.15) is 5.82 Å². The number of carbonyl (C=O) groups is 1. The summed E-state index contributed by atoms with van der Waals surface area (Å²) in [5.41, 5.74) is 9.59. The summed E-state index contributed by atoms with van der Waals surface area (Å²) in [6.45, 7) is 8.43. The minimum atomic E-state index is -0.254. The Morgan fingerprint density at radius 2 is 2.03 bits per heavy atom. The van der Waals surface area contributed by atoms with E-state index < -0.39 is 0 Å². The van der Waals surface area contributed by atoms with Crippen molar-refractivity contribution in [3.05, 3.63) is 61.5 Å². The zero-order valence-electron chi connectivity index (χ0n) is 17.2. The number of hydrogen-bond acceptors (Lipinski definition) is 3. The lowest BCUT2D eigenvalue weighted by molar-refractivity contribution is 0.0952. The van der Waals surface area contributed by atoms with Gasteiger partial charge in [-0.15, -0.1) is 0 Å². The van der Waals surface area contributed by atoms with Gasteiger partial charge < -0.3 is 20.6 Å². The van der Waals surface area contributed by atoms with Gasteiger partial charge in [-0.25, -0.2) is 0 Å². The molecule has 3 aromatic rings. The third-order valence-electron chi connectivity index (χ3n) is 5.08. The van der Waals surface area contributed by atoms with E-state index >= 15 is 0 Å². The van der Waals surface area contributed by atoms with E-state index in [-0.39, 0.29) is 24.1 Å². The molecular weight excluding hydrogens is 432 g/mol. The summed E-state index contributed by atoms with van der Waals surface area (Å²) < 4.78 is 3.00. The normalized spacial score (nSPS) is 11.4. The number of aromatic amines is 1. The molecule has 29 heavy (non-hydrogen) atoms. The fourth-order valence-corrected chi connectivity index (χ4v) is 4.22. The second kappa shape index (κ2) is 8.45. The standard InChI is InChI=1S/C22H27BrN4O2/c1-5-6-14-7-19(24)26-22(29)17(14)10-25-21(28)16-8-15(23)9-18-20(16)13(4)11-27(18)12(2)3/h7-9,11-12H,5-6,10H2,1-4H3,(H,25,28)(H3,24,26,29). The molecule has 1 amide bonds. The number of hydrogen-bond donors (Lipinski definition) is 3. The van der Waals surface area contributed by atoms with Gasteiger partial charge in [-0.3, -0.25) is 9.59 Å². The van der Waals surface area contributed by atoms with Crippen LogP contribution < -0.4 is 16.6 Å². The molecule has 0 aliphatic rings. The number of rotatable bonds is 6. The van der Waals surface area contributed by atoms with Crippen LogP contribution in [0.2, 0.25) is 0 Å². The maximum Gasteiger partial charge on any atom is 0.254 e. The van der Waals surface area contributed by atoms with Gasteiger partial charge in [0, 0.05) is 34.2 Å². The van der Waals surface area contributed by atoms with Crippen molar-refractivity contribution in [1.82, 2.24) is 14.9 Å². The number of H-pyrrole nitrogens is 1. The van der Waals surface area contributed by atoms with E-state index in [9.17, 15) is 9.59 Å². The molecule has 0 bridgehead atoms. The second-order valence-corrected chi connectivity index (χ2v) is 8.57. The molecule has 2 aromatic heterocycles. The fourth-order valence-electron chi connectivity index (χ4n) is 3.77. The molecule has 0 aliphatic heterocycles. The molecule has 0 radical (unpaired) electrons. The number of carbonyl (C=O) groups excluding carboxylic acids is 1. The number of anilines is 1. The Kier molecular flexibility index (Phi) is 6.17. The second-order valence-electron chi connectivity index (χ2n) is 7.65. The van der Waals surface area contributed by atoms with E-state index in [1.165, 1.54) is 0 Å². The van der Waals surface area contributed by atoms with Gasteiger partial charge in [0.15, 0.2) is 0 Å². The van der Waals surface area contributed by atoms with Gasteiger partial charge in [-0.2, -0.15) is 0 Å². The van der Waals surface area contributed by atoms with Crippen molar-refractivity contribution < 1.29 is 4.79 Å². The van der Waals surface area contributed by atoms with Crippen molar-refractivity contribution in [1.29, 1.82) is 0 Å². The highest BCUT2D eigenvalue weighted by Crippen LogP contribution is 2.31. The predicted octanol–water partition coefficient (Wildman–Crippen LogP) is 4.45. The summed E-state index contributed by atoms with van der Waals surface area (Å²) in [6, 6.07) is 5.91. The number of aromatic nitrogens is 2. The zero-order chi connectivity index (χ0) is 21.3. The Hall–Kier alpha value is -2.54. The van der Waals surface area contributed by atoms with Gasteiger partial charge in [0.2, 0.25) is 0 Å². The maximum absolute atomic E-state index is 13.1. The summed E-state index contributed by atoms with van der Waals surface area (Å²) >= 11 is 3.53. The monoisotopic (exact) mass is 458 g/mol. The van der Waals surface area contributed by atoms with Gasteiger partial charge in [-0.1, -0.05) is 29.3 Å². The highest BCUT2D eigenvalue weighted by Gasteiger charge is 2.18. The number of aryl methyl sites for hydroxylation is 2. The SMILES string of the molecule is CCCc1cc(N)[nH]c(=O)c1CNC(=O)c1cc(Br)cc2c1c(C)cn2C(C)C. The van der Waals surface area contributed by atoms with Crippen molar-refractivity contribution in [3.8, 4) is 0 Å². The number of benzene rings is 1. The Balaban J connectivity index is 1.97. The van der Waals surface area contributed by atoms with Crippen LogP contribution in [-0.2, 0) is 13.0 Å². The molecule has 0 unspecified atom stereocenters. The third kappa shape index (κ3) is 4.24. The Bertz CT molecular complexity index is 1130. The summed E-state index contributed by atoms with van der Waals surface area (Å²) in [5, 5.41) is 3.86. The van der Waals surface area contributed by atoms with E-state index in [0.717, 1.165) is 39.3 Å². The summed E-state index contributed by atoms with van der Waals surface area (Å²) in [4.78, 5) is 28.1. The van der Waals surface area contributed by atoms with E-state index in [4.69, 9.17) is 5.73 Å². The van der Waals surface area contributed by atoms with Gasteiger partial charge in [0.25, 0.3) is 11.5 Å². The lowest BCUT2D eigenvalue weighted by Crippen LogP contribution is -2.28. The molecule has 2 heterocycles. The quantitative estimate of drug-likeness (QED) is 0.509. The smallest absolute Gasteiger partial charge is 0.254 e. The van der Waals surface area contributed by atoms with Gasteiger partial charge in [0.05, 0.1) is 11.1 Å². The van der Waals surface area contributed by atoms with Crippen molar-refractivity contribution >= 4 is 38.6 Å². The minimum absolute atomic E-state index is 0.154. The topological polar surface area (TPSA) is 92.9 Å². The van der Waals surface area contributed by atoms with Crippen LogP contribution in [0.3, 0.4) is 0 Å². The number of nitrogens with zero attached hydrogens (tertiary/aromatic N) is 1. The number of nitrogen functional groups attached to an aromatic ring is 1. The molecule has 4 N–H and O–H groups in total. The average Bonchev–Trinajstić information content (AvgIpc) is 2.97. The molecule has 0 saturated carbocycles. The first kappa shape index (κ1) is 21.2. The Labute approximate surface area is 178 Å². The number of halogens is 1. The van der Waals surface area contributed by atoms with Crippen LogP contribution >= 0.6 is 15.9 Å². The van der Waals surface area contributed by atoms with Crippen LogP contribution in [0.25, 0.3) is 10.9 Å². The van der Waals surface area contributed by atoms with Crippen LogP contribution in [-0.4, -0.2) is 15.5 Å². The molecule has 7 heteroatoms.